The van der Waals surface area contributed by atoms with Gasteiger partial charge in [-0.15, -0.1) is 0 Å². The maximum absolute atomic E-state index is 6.17. The summed E-state index contributed by atoms with van der Waals surface area (Å²) in [5.41, 5.74) is 0.727. The molecule has 3 aromatic rings. The molecule has 0 fully saturated rings. The van der Waals surface area contributed by atoms with Gasteiger partial charge in [0.15, 0.2) is 11.5 Å². The number of hydrogen-bond donors (Lipinski definition) is 0. The summed E-state index contributed by atoms with van der Waals surface area (Å²) in [5, 5.41) is 1.48. The zero-order chi connectivity index (χ0) is 14.7. The highest BCUT2D eigenvalue weighted by Gasteiger charge is 2.09. The first-order valence-corrected chi connectivity index (χ1v) is 7.10. The molecule has 0 aliphatic rings. The summed E-state index contributed by atoms with van der Waals surface area (Å²) >= 11 is 6.17. The van der Waals surface area contributed by atoms with E-state index in [-0.39, 0.29) is 0 Å². The van der Waals surface area contributed by atoms with E-state index in [0.29, 0.717) is 28.9 Å². The Morgan fingerprint density at radius 3 is 2.57 bits per heavy atom. The maximum atomic E-state index is 6.17. The van der Waals surface area contributed by atoms with Crippen LogP contribution in [0.5, 0.6) is 17.2 Å². The summed E-state index contributed by atoms with van der Waals surface area (Å²) in [5.74, 6) is 2.09. The van der Waals surface area contributed by atoms with Gasteiger partial charge in [0.25, 0.3) is 0 Å². The highest BCUT2D eigenvalue weighted by atomic mass is 35.5. The Kier molecular flexibility index (Phi) is 3.93. The first-order chi connectivity index (χ1) is 10.3. The molecule has 0 atom stereocenters. The van der Waals surface area contributed by atoms with Gasteiger partial charge in [-0.25, -0.2) is 0 Å². The normalized spacial score (nSPS) is 10.6. The number of hydrogen-bond acceptors (Lipinski definition) is 3. The Morgan fingerprint density at radius 2 is 1.76 bits per heavy atom. The Hall–Kier alpha value is -2.26. The second-order valence-electron chi connectivity index (χ2n) is 4.43. The van der Waals surface area contributed by atoms with Gasteiger partial charge in [0.2, 0.25) is 0 Å². The second kappa shape index (κ2) is 6.02. The van der Waals surface area contributed by atoms with Gasteiger partial charge in [0, 0.05) is 11.6 Å². The predicted octanol–water partition coefficient (Wildman–Crippen LogP) is 5.08. The average Bonchev–Trinajstić information content (AvgIpc) is 2.51. The third-order valence-electron chi connectivity index (χ3n) is 3.05. The number of fused-ring (bicyclic) bond motifs is 1. The molecule has 0 radical (unpaired) electrons. The molecular weight excluding hydrogens is 286 g/mol. The number of halogens is 1. The van der Waals surface area contributed by atoms with Gasteiger partial charge < -0.3 is 9.47 Å². The van der Waals surface area contributed by atoms with Gasteiger partial charge in [-0.2, -0.15) is 0 Å². The summed E-state index contributed by atoms with van der Waals surface area (Å²) in [6, 6.07) is 15.0. The van der Waals surface area contributed by atoms with E-state index in [1.165, 1.54) is 0 Å². The lowest BCUT2D eigenvalue weighted by Crippen LogP contribution is -1.95. The highest BCUT2D eigenvalue weighted by Crippen LogP contribution is 2.35. The topological polar surface area (TPSA) is 31.4 Å². The molecule has 4 heteroatoms. The van der Waals surface area contributed by atoms with E-state index in [1.807, 2.05) is 55.5 Å². The van der Waals surface area contributed by atoms with Crippen LogP contribution in [0.15, 0.2) is 54.7 Å². The van der Waals surface area contributed by atoms with E-state index < -0.39 is 0 Å². The first-order valence-electron chi connectivity index (χ1n) is 6.72. The smallest absolute Gasteiger partial charge is 0.169 e. The molecule has 106 valence electrons. The van der Waals surface area contributed by atoms with Crippen molar-refractivity contribution in [2.24, 2.45) is 0 Å². The Bertz CT molecular complexity index is 774. The van der Waals surface area contributed by atoms with Crippen LogP contribution in [0, 0.1) is 0 Å². The zero-order valence-electron chi connectivity index (χ0n) is 11.5. The van der Waals surface area contributed by atoms with Crippen molar-refractivity contribution in [1.82, 2.24) is 4.98 Å². The van der Waals surface area contributed by atoms with E-state index in [1.54, 1.807) is 6.20 Å². The molecule has 3 nitrogen and oxygen atoms in total. The fourth-order valence-corrected chi connectivity index (χ4v) is 2.35. The third-order valence-corrected chi connectivity index (χ3v) is 3.36. The molecule has 0 aliphatic carbocycles. The minimum Gasteiger partial charge on any atom is -0.490 e. The van der Waals surface area contributed by atoms with Gasteiger partial charge >= 0.3 is 0 Å². The number of nitrogens with zero attached hydrogens (tertiary/aromatic N) is 1. The van der Waals surface area contributed by atoms with Crippen molar-refractivity contribution in [3.63, 3.8) is 0 Å². The van der Waals surface area contributed by atoms with Crippen LogP contribution in [0.4, 0.5) is 0 Å². The largest absolute Gasteiger partial charge is 0.490 e. The monoisotopic (exact) mass is 299 g/mol. The summed E-state index contributed by atoms with van der Waals surface area (Å²) in [7, 11) is 0. The minimum absolute atomic E-state index is 0.587. The van der Waals surface area contributed by atoms with Crippen molar-refractivity contribution in [3.05, 3.63) is 59.8 Å². The number of aromatic nitrogens is 1. The van der Waals surface area contributed by atoms with Crippen LogP contribution in [0.1, 0.15) is 6.92 Å². The van der Waals surface area contributed by atoms with Crippen LogP contribution in [-0.4, -0.2) is 11.6 Å². The molecule has 0 aliphatic heterocycles. The van der Waals surface area contributed by atoms with E-state index in [4.69, 9.17) is 21.1 Å². The van der Waals surface area contributed by atoms with Crippen molar-refractivity contribution < 1.29 is 9.47 Å². The van der Waals surface area contributed by atoms with Crippen LogP contribution in [0.2, 0.25) is 5.02 Å². The zero-order valence-corrected chi connectivity index (χ0v) is 12.3. The molecule has 0 saturated carbocycles. The molecule has 0 saturated heterocycles. The van der Waals surface area contributed by atoms with Crippen molar-refractivity contribution in [2.75, 3.05) is 6.61 Å². The molecule has 2 aromatic carbocycles. The van der Waals surface area contributed by atoms with E-state index in [2.05, 4.69) is 4.98 Å². The molecule has 0 amide bonds. The van der Waals surface area contributed by atoms with Crippen LogP contribution in [0.25, 0.3) is 10.9 Å². The predicted molar refractivity (Wildman–Crippen MR) is 84.4 cm³/mol. The minimum atomic E-state index is 0.587. The number of ether oxygens (including phenoxy) is 2. The van der Waals surface area contributed by atoms with Crippen molar-refractivity contribution in [2.45, 2.75) is 6.92 Å². The molecule has 0 N–H and O–H groups in total. The molecule has 0 spiro atoms. The quantitative estimate of drug-likeness (QED) is 0.673. The van der Waals surface area contributed by atoms with Gasteiger partial charge in [-0.05, 0) is 37.3 Å². The van der Waals surface area contributed by atoms with Crippen molar-refractivity contribution >= 4 is 22.5 Å². The molecular formula is C17H14ClNO2. The number of benzene rings is 2. The molecule has 0 unspecified atom stereocenters. The summed E-state index contributed by atoms with van der Waals surface area (Å²) in [6.07, 6.45) is 1.69. The fraction of sp³-hybridized carbons (Fsp3) is 0.118. The lowest BCUT2D eigenvalue weighted by atomic mass is 10.2. The SMILES string of the molecule is CCOc1ccccc1Oc1ccnc2c(Cl)cccc12. The van der Waals surface area contributed by atoms with Gasteiger partial charge in [-0.3, -0.25) is 4.98 Å². The second-order valence-corrected chi connectivity index (χ2v) is 4.83. The molecule has 1 heterocycles. The Morgan fingerprint density at radius 1 is 0.952 bits per heavy atom. The standard InChI is InChI=1S/C17H14ClNO2/c1-2-20-15-8-3-4-9-16(15)21-14-10-11-19-17-12(14)6-5-7-13(17)18/h3-11H,2H2,1H3. The molecule has 3 rings (SSSR count). The highest BCUT2D eigenvalue weighted by molar-refractivity contribution is 6.35. The van der Waals surface area contributed by atoms with Crippen molar-refractivity contribution in [1.29, 1.82) is 0 Å². The van der Waals surface area contributed by atoms with E-state index in [9.17, 15) is 0 Å². The van der Waals surface area contributed by atoms with Crippen LogP contribution >= 0.6 is 11.6 Å². The fourth-order valence-electron chi connectivity index (χ4n) is 2.13. The van der Waals surface area contributed by atoms with Gasteiger partial charge in [0.05, 0.1) is 17.1 Å². The summed E-state index contributed by atoms with van der Waals surface area (Å²) in [4.78, 5) is 4.30. The third kappa shape index (κ3) is 2.78. The lowest BCUT2D eigenvalue weighted by Gasteiger charge is -2.12. The first kappa shape index (κ1) is 13.7. The van der Waals surface area contributed by atoms with Gasteiger partial charge in [-0.1, -0.05) is 29.8 Å². The number of para-hydroxylation sites is 3. The van der Waals surface area contributed by atoms with Gasteiger partial charge in [0.1, 0.15) is 5.75 Å². The summed E-state index contributed by atoms with van der Waals surface area (Å²) < 4.78 is 11.6. The molecule has 21 heavy (non-hydrogen) atoms. The maximum Gasteiger partial charge on any atom is 0.169 e. The Balaban J connectivity index is 2.05. The van der Waals surface area contributed by atoms with Crippen LogP contribution in [0.3, 0.4) is 0 Å². The van der Waals surface area contributed by atoms with E-state index in [0.717, 1.165) is 10.9 Å². The molecule has 1 aromatic heterocycles. The van der Waals surface area contributed by atoms with Crippen LogP contribution in [-0.2, 0) is 0 Å². The van der Waals surface area contributed by atoms with Crippen LogP contribution < -0.4 is 9.47 Å². The average molecular weight is 300 g/mol. The van der Waals surface area contributed by atoms with Crippen molar-refractivity contribution in [3.8, 4) is 17.2 Å². The molecule has 0 bridgehead atoms. The number of pyridine rings is 1. The Labute approximate surface area is 128 Å². The number of rotatable bonds is 4. The lowest BCUT2D eigenvalue weighted by molar-refractivity contribution is 0.322. The van der Waals surface area contributed by atoms with E-state index >= 15 is 0 Å². The summed E-state index contributed by atoms with van der Waals surface area (Å²) in [6.45, 7) is 2.53.